The smallest absolute Gasteiger partial charge is 0.280 e. The number of carbonyl (C=O) groups excluding carboxylic acids is 1. The Morgan fingerprint density at radius 1 is 1.62 bits per heavy atom. The molecular formula is C13H17N5O6. The Morgan fingerprint density at radius 3 is 3.08 bits per heavy atom. The van der Waals surface area contributed by atoms with Crippen molar-refractivity contribution in [3.05, 3.63) is 16.7 Å². The molecule has 3 unspecified atom stereocenters. The van der Waals surface area contributed by atoms with Crippen LogP contribution in [0.5, 0.6) is 0 Å². The largest absolute Gasteiger partial charge is 0.394 e. The number of hydrogen-bond donors (Lipinski definition) is 4. The van der Waals surface area contributed by atoms with Crippen LogP contribution >= 0.6 is 0 Å². The number of ether oxygens (including phenoxy) is 2. The fraction of sp³-hybridized carbons (Fsp3) is 0.538. The summed E-state index contributed by atoms with van der Waals surface area (Å²) >= 11 is 0. The van der Waals surface area contributed by atoms with Crippen LogP contribution in [0.15, 0.2) is 11.1 Å². The Balaban J connectivity index is 1.94. The molecule has 3 rings (SSSR count). The average Bonchev–Trinajstić information content (AvgIpc) is 3.10. The molecule has 0 radical (unpaired) electrons. The third-order valence-corrected chi connectivity index (χ3v) is 3.66. The normalized spacial score (nSPS) is 23.7. The summed E-state index contributed by atoms with van der Waals surface area (Å²) in [7, 11) is 1.37. The van der Waals surface area contributed by atoms with Crippen molar-refractivity contribution in [1.82, 2.24) is 19.5 Å². The summed E-state index contributed by atoms with van der Waals surface area (Å²) < 4.78 is 11.7. The van der Waals surface area contributed by atoms with Crippen molar-refractivity contribution in [1.29, 1.82) is 0 Å². The number of aromatic nitrogens is 4. The van der Waals surface area contributed by atoms with Gasteiger partial charge < -0.3 is 19.7 Å². The van der Waals surface area contributed by atoms with Crippen molar-refractivity contribution in [2.75, 3.05) is 25.6 Å². The lowest BCUT2D eigenvalue weighted by molar-refractivity contribution is -0.119. The van der Waals surface area contributed by atoms with Gasteiger partial charge in [0.15, 0.2) is 11.2 Å². The van der Waals surface area contributed by atoms with E-state index in [4.69, 9.17) is 14.6 Å². The number of rotatable bonds is 5. The molecule has 4 N–H and O–H groups in total. The van der Waals surface area contributed by atoms with E-state index in [1.54, 1.807) is 0 Å². The monoisotopic (exact) mass is 339 g/mol. The second kappa shape index (κ2) is 6.65. The maximum atomic E-state index is 12.1. The SMILES string of the molecule is COCC(=O)Nc1nc2c(ncn2C2CC(O)C(CO)O2)c(=O)[nH]1. The summed E-state index contributed by atoms with van der Waals surface area (Å²) in [5.74, 6) is -0.521. The first-order chi connectivity index (χ1) is 11.5. The van der Waals surface area contributed by atoms with Crippen molar-refractivity contribution in [2.24, 2.45) is 0 Å². The van der Waals surface area contributed by atoms with Crippen LogP contribution in [-0.4, -0.2) is 68.2 Å². The summed E-state index contributed by atoms with van der Waals surface area (Å²) in [6.45, 7) is -0.506. The van der Waals surface area contributed by atoms with Crippen LogP contribution in [0.2, 0.25) is 0 Å². The Hall–Kier alpha value is -2.34. The van der Waals surface area contributed by atoms with Gasteiger partial charge in [-0.15, -0.1) is 0 Å². The fourth-order valence-corrected chi connectivity index (χ4v) is 2.55. The van der Waals surface area contributed by atoms with E-state index in [9.17, 15) is 14.7 Å². The van der Waals surface area contributed by atoms with E-state index in [0.717, 1.165) is 0 Å². The van der Waals surface area contributed by atoms with E-state index in [1.807, 2.05) is 0 Å². The fourth-order valence-electron chi connectivity index (χ4n) is 2.55. The van der Waals surface area contributed by atoms with Gasteiger partial charge in [0.2, 0.25) is 5.95 Å². The number of hydrogen-bond acceptors (Lipinski definition) is 8. The van der Waals surface area contributed by atoms with Crippen molar-refractivity contribution >= 4 is 23.0 Å². The van der Waals surface area contributed by atoms with Crippen LogP contribution in [-0.2, 0) is 14.3 Å². The number of methoxy groups -OCH3 is 1. The Kier molecular flexibility index (Phi) is 4.57. The zero-order chi connectivity index (χ0) is 17.3. The van der Waals surface area contributed by atoms with Crippen molar-refractivity contribution in [3.63, 3.8) is 0 Å². The standard InChI is InChI=1S/C13H17N5O6/c1-23-4-8(21)15-13-16-11-10(12(22)17-13)14-5-18(11)9-2-6(20)7(3-19)24-9/h5-7,9,19-20H,2-4H2,1H3,(H2,15,16,17,21,22). The van der Waals surface area contributed by atoms with Gasteiger partial charge in [0.1, 0.15) is 18.9 Å². The highest BCUT2D eigenvalue weighted by molar-refractivity contribution is 5.90. The third-order valence-electron chi connectivity index (χ3n) is 3.66. The van der Waals surface area contributed by atoms with Gasteiger partial charge in [0, 0.05) is 13.5 Å². The molecule has 0 aliphatic carbocycles. The number of H-pyrrole nitrogens is 1. The second-order valence-corrected chi connectivity index (χ2v) is 5.33. The van der Waals surface area contributed by atoms with Crippen molar-refractivity contribution in [2.45, 2.75) is 24.9 Å². The number of nitrogens with zero attached hydrogens (tertiary/aromatic N) is 3. The molecule has 2 aromatic heterocycles. The predicted octanol–water partition coefficient (Wildman–Crippen LogP) is -1.65. The minimum Gasteiger partial charge on any atom is -0.394 e. The van der Waals surface area contributed by atoms with Gasteiger partial charge in [-0.1, -0.05) is 0 Å². The van der Waals surface area contributed by atoms with E-state index in [2.05, 4.69) is 20.3 Å². The van der Waals surface area contributed by atoms with Crippen molar-refractivity contribution < 1.29 is 24.5 Å². The molecule has 1 aliphatic heterocycles. The van der Waals surface area contributed by atoms with E-state index >= 15 is 0 Å². The molecular weight excluding hydrogens is 322 g/mol. The first kappa shape index (κ1) is 16.5. The van der Waals surface area contributed by atoms with E-state index < -0.39 is 29.9 Å². The molecule has 130 valence electrons. The van der Waals surface area contributed by atoms with Gasteiger partial charge >= 0.3 is 0 Å². The minimum atomic E-state index is -0.833. The van der Waals surface area contributed by atoms with Gasteiger partial charge in [-0.3, -0.25) is 24.5 Å². The zero-order valence-corrected chi connectivity index (χ0v) is 12.8. The Morgan fingerprint density at radius 2 is 2.42 bits per heavy atom. The number of nitrogens with one attached hydrogen (secondary N) is 2. The number of fused-ring (bicyclic) bond motifs is 1. The number of aliphatic hydroxyl groups is 2. The first-order valence-corrected chi connectivity index (χ1v) is 7.23. The second-order valence-electron chi connectivity index (χ2n) is 5.33. The van der Waals surface area contributed by atoms with Crippen LogP contribution in [0.1, 0.15) is 12.6 Å². The number of imidazole rings is 1. The summed E-state index contributed by atoms with van der Waals surface area (Å²) in [4.78, 5) is 34.2. The van der Waals surface area contributed by atoms with Crippen LogP contribution in [0.4, 0.5) is 5.95 Å². The lowest BCUT2D eigenvalue weighted by Crippen LogP contribution is -2.24. The quantitative estimate of drug-likeness (QED) is 0.505. The summed E-state index contributed by atoms with van der Waals surface area (Å²) in [6.07, 6.45) is -0.587. The number of aliphatic hydroxyl groups excluding tert-OH is 2. The maximum absolute atomic E-state index is 12.1. The van der Waals surface area contributed by atoms with Crippen LogP contribution in [0.25, 0.3) is 11.2 Å². The lowest BCUT2D eigenvalue weighted by atomic mass is 10.2. The molecule has 1 fully saturated rings. The highest BCUT2D eigenvalue weighted by Gasteiger charge is 2.35. The van der Waals surface area contributed by atoms with Gasteiger partial charge in [0.05, 0.1) is 19.0 Å². The molecule has 11 heteroatoms. The molecule has 3 atom stereocenters. The topological polar surface area (TPSA) is 152 Å². The molecule has 0 saturated carbocycles. The predicted molar refractivity (Wildman–Crippen MR) is 80.3 cm³/mol. The molecule has 2 aromatic rings. The van der Waals surface area contributed by atoms with Crippen LogP contribution in [0, 0.1) is 0 Å². The molecule has 0 aromatic carbocycles. The molecule has 3 heterocycles. The zero-order valence-electron chi connectivity index (χ0n) is 12.8. The van der Waals surface area contributed by atoms with E-state index in [1.165, 1.54) is 18.0 Å². The molecule has 1 saturated heterocycles. The lowest BCUT2D eigenvalue weighted by Gasteiger charge is -2.13. The summed E-state index contributed by atoms with van der Waals surface area (Å²) in [5, 5.41) is 21.4. The molecule has 24 heavy (non-hydrogen) atoms. The van der Waals surface area contributed by atoms with Crippen LogP contribution < -0.4 is 10.9 Å². The highest BCUT2D eigenvalue weighted by Crippen LogP contribution is 2.30. The van der Waals surface area contributed by atoms with Gasteiger partial charge in [-0.25, -0.2) is 4.98 Å². The van der Waals surface area contributed by atoms with Crippen molar-refractivity contribution in [3.8, 4) is 0 Å². The molecule has 1 amide bonds. The number of amides is 1. The Labute approximate surface area is 135 Å². The molecule has 0 bridgehead atoms. The molecule has 11 nitrogen and oxygen atoms in total. The minimum absolute atomic E-state index is 0.0476. The number of aromatic amines is 1. The molecule has 0 spiro atoms. The van der Waals surface area contributed by atoms with E-state index in [-0.39, 0.29) is 36.7 Å². The summed E-state index contributed by atoms with van der Waals surface area (Å²) in [6, 6.07) is 0. The number of carbonyl (C=O) groups is 1. The van der Waals surface area contributed by atoms with Gasteiger partial charge in [-0.2, -0.15) is 4.98 Å². The van der Waals surface area contributed by atoms with E-state index in [0.29, 0.717) is 0 Å². The third kappa shape index (κ3) is 3.01. The summed E-state index contributed by atoms with van der Waals surface area (Å²) in [5.41, 5.74) is -0.253. The van der Waals surface area contributed by atoms with Gasteiger partial charge in [-0.05, 0) is 0 Å². The average molecular weight is 339 g/mol. The van der Waals surface area contributed by atoms with Crippen LogP contribution in [0.3, 0.4) is 0 Å². The van der Waals surface area contributed by atoms with Gasteiger partial charge in [0.25, 0.3) is 11.5 Å². The first-order valence-electron chi connectivity index (χ1n) is 7.23. The maximum Gasteiger partial charge on any atom is 0.280 e. The number of anilines is 1. The molecule has 1 aliphatic rings. The highest BCUT2D eigenvalue weighted by atomic mass is 16.5. The Bertz CT molecular complexity index is 802.